The second-order valence-electron chi connectivity index (χ2n) is 6.00. The van der Waals surface area contributed by atoms with Crippen LogP contribution < -0.4 is 5.32 Å². The summed E-state index contributed by atoms with van der Waals surface area (Å²) in [5.41, 5.74) is 0. The van der Waals surface area contributed by atoms with Crippen LogP contribution in [-0.2, 0) is 10.8 Å². The van der Waals surface area contributed by atoms with Crippen molar-refractivity contribution in [1.29, 1.82) is 0 Å². The van der Waals surface area contributed by atoms with E-state index in [1.54, 1.807) is 29.2 Å². The van der Waals surface area contributed by atoms with Gasteiger partial charge in [0.2, 0.25) is 0 Å². The highest BCUT2D eigenvalue weighted by Crippen LogP contribution is 2.21. The summed E-state index contributed by atoms with van der Waals surface area (Å²) in [5.74, 6) is 0. The molecule has 0 bridgehead atoms. The van der Waals surface area contributed by atoms with E-state index in [2.05, 4.69) is 5.32 Å². The molecule has 0 aliphatic carbocycles. The van der Waals surface area contributed by atoms with E-state index in [-0.39, 0.29) is 11.3 Å². The summed E-state index contributed by atoms with van der Waals surface area (Å²) in [7, 11) is 2.82. The minimum absolute atomic E-state index is 0.0236. The molecule has 1 aromatic rings. The number of rotatable bonds is 5. The zero-order valence-electron chi connectivity index (χ0n) is 13.6. The first-order valence-electron chi connectivity index (χ1n) is 7.81. The highest BCUT2D eigenvalue weighted by molar-refractivity contribution is 7.85. The molecule has 2 amide bonds. The molecule has 1 N–H and O–H groups in total. The van der Waals surface area contributed by atoms with Gasteiger partial charge in [-0.15, -0.1) is 0 Å². The molecule has 2 unspecified atom stereocenters. The number of urea groups is 1. The van der Waals surface area contributed by atoms with E-state index in [0.29, 0.717) is 18.1 Å². The molecule has 1 saturated heterocycles. The van der Waals surface area contributed by atoms with Crippen LogP contribution in [0.4, 0.5) is 4.79 Å². The lowest BCUT2D eigenvalue weighted by molar-refractivity contribution is 0.186. The number of likely N-dealkylation sites (N-methyl/N-ethyl adjacent to an activating group) is 1. The number of halogens is 1. The molecule has 1 aliphatic heterocycles. The maximum absolute atomic E-state index is 12.7. The highest BCUT2D eigenvalue weighted by Gasteiger charge is 2.28. The van der Waals surface area contributed by atoms with Gasteiger partial charge in [-0.05, 0) is 51.2 Å². The Balaban J connectivity index is 1.91. The summed E-state index contributed by atoms with van der Waals surface area (Å²) in [6.45, 7) is 2.68. The van der Waals surface area contributed by atoms with Crippen molar-refractivity contribution in [2.75, 3.05) is 40.3 Å². The van der Waals surface area contributed by atoms with Gasteiger partial charge in [0.25, 0.3) is 0 Å². The minimum atomic E-state index is -1.12. The smallest absolute Gasteiger partial charge is 0.317 e. The van der Waals surface area contributed by atoms with Crippen LogP contribution in [0.5, 0.6) is 0 Å². The predicted molar refractivity (Wildman–Crippen MR) is 94.4 cm³/mol. The molecule has 128 valence electrons. The summed E-state index contributed by atoms with van der Waals surface area (Å²) in [6.07, 6.45) is 1.75. The standard InChI is InChI=1S/C16H24ClN3O2S/c1-19(2)11-9-18-16(21)20-10-3-4-15(12-20)23(22)14-7-5-13(17)6-8-14/h5-8,15H,3-4,9-12H2,1-2H3,(H,18,21). The van der Waals surface area contributed by atoms with Gasteiger partial charge >= 0.3 is 6.03 Å². The van der Waals surface area contributed by atoms with Crippen molar-refractivity contribution in [3.63, 3.8) is 0 Å². The molecule has 0 spiro atoms. The van der Waals surface area contributed by atoms with Crippen molar-refractivity contribution in [2.45, 2.75) is 23.0 Å². The number of piperidine rings is 1. The van der Waals surface area contributed by atoms with Gasteiger partial charge in [0.05, 0.1) is 16.0 Å². The third-order valence-corrected chi connectivity index (χ3v) is 5.83. The normalized spacial score (nSPS) is 19.7. The fraction of sp³-hybridized carbons (Fsp3) is 0.562. The summed E-state index contributed by atoms with van der Waals surface area (Å²) < 4.78 is 12.7. The number of hydrogen-bond acceptors (Lipinski definition) is 3. The number of amides is 2. The van der Waals surface area contributed by atoms with E-state index < -0.39 is 10.8 Å². The first-order chi connectivity index (χ1) is 11.0. The summed E-state index contributed by atoms with van der Waals surface area (Å²) in [6, 6.07) is 7.04. The van der Waals surface area contributed by atoms with Gasteiger partial charge in [0, 0.05) is 36.1 Å². The van der Waals surface area contributed by atoms with Crippen molar-refractivity contribution in [3.05, 3.63) is 29.3 Å². The number of nitrogens with one attached hydrogen (secondary N) is 1. The van der Waals surface area contributed by atoms with E-state index in [4.69, 9.17) is 11.6 Å². The molecule has 5 nitrogen and oxygen atoms in total. The number of carbonyl (C=O) groups excluding carboxylic acids is 1. The fourth-order valence-corrected chi connectivity index (χ4v) is 4.17. The lowest BCUT2D eigenvalue weighted by Gasteiger charge is -2.32. The third kappa shape index (κ3) is 5.48. The average Bonchev–Trinajstić information content (AvgIpc) is 2.54. The van der Waals surface area contributed by atoms with Crippen molar-refractivity contribution < 1.29 is 9.00 Å². The number of benzene rings is 1. The monoisotopic (exact) mass is 357 g/mol. The average molecular weight is 358 g/mol. The molecule has 1 aromatic carbocycles. The largest absolute Gasteiger partial charge is 0.337 e. The van der Waals surface area contributed by atoms with Gasteiger partial charge in [0.1, 0.15) is 0 Å². The van der Waals surface area contributed by atoms with Gasteiger partial charge < -0.3 is 15.1 Å². The van der Waals surface area contributed by atoms with Crippen molar-refractivity contribution >= 4 is 28.4 Å². The Bertz CT molecular complexity index is 551. The van der Waals surface area contributed by atoms with E-state index in [1.807, 2.05) is 19.0 Å². The van der Waals surface area contributed by atoms with E-state index in [1.165, 1.54) is 0 Å². The van der Waals surface area contributed by atoms with Crippen LogP contribution in [0, 0.1) is 0 Å². The second-order valence-corrected chi connectivity index (χ2v) is 8.17. The lowest BCUT2D eigenvalue weighted by atomic mass is 10.1. The SMILES string of the molecule is CN(C)CCNC(=O)N1CCCC(S(=O)c2ccc(Cl)cc2)C1. The first kappa shape index (κ1) is 18.2. The number of likely N-dealkylation sites (tertiary alicyclic amines) is 1. The first-order valence-corrected chi connectivity index (χ1v) is 9.40. The van der Waals surface area contributed by atoms with Gasteiger partial charge in [-0.3, -0.25) is 4.21 Å². The summed E-state index contributed by atoms with van der Waals surface area (Å²) >= 11 is 5.87. The minimum Gasteiger partial charge on any atom is -0.337 e. The molecule has 0 radical (unpaired) electrons. The number of nitrogens with zero attached hydrogens (tertiary/aromatic N) is 2. The van der Waals surface area contributed by atoms with Gasteiger partial charge in [-0.25, -0.2) is 4.79 Å². The summed E-state index contributed by atoms with van der Waals surface area (Å²) in [4.78, 5) is 16.8. The topological polar surface area (TPSA) is 52.7 Å². The molecule has 1 heterocycles. The number of carbonyl (C=O) groups is 1. The fourth-order valence-electron chi connectivity index (χ4n) is 2.56. The molecule has 2 atom stereocenters. The number of hydrogen-bond donors (Lipinski definition) is 1. The quantitative estimate of drug-likeness (QED) is 0.878. The van der Waals surface area contributed by atoms with Crippen LogP contribution in [-0.4, -0.2) is 65.6 Å². The van der Waals surface area contributed by atoms with Crippen LogP contribution in [0.1, 0.15) is 12.8 Å². The maximum atomic E-state index is 12.7. The molecule has 1 aliphatic rings. The highest BCUT2D eigenvalue weighted by atomic mass is 35.5. The Morgan fingerprint density at radius 1 is 1.39 bits per heavy atom. The Hall–Kier alpha value is -1.11. The molecular formula is C16H24ClN3O2S. The Labute approximate surface area is 145 Å². The van der Waals surface area contributed by atoms with Crippen molar-refractivity contribution in [1.82, 2.24) is 15.1 Å². The van der Waals surface area contributed by atoms with Crippen LogP contribution in [0.15, 0.2) is 29.2 Å². The Kier molecular flexibility index (Phi) is 6.87. The molecule has 0 aromatic heterocycles. The second kappa shape index (κ2) is 8.66. The van der Waals surface area contributed by atoms with E-state index >= 15 is 0 Å². The molecule has 0 saturated carbocycles. The molecule has 1 fully saturated rings. The Morgan fingerprint density at radius 2 is 2.09 bits per heavy atom. The molecular weight excluding hydrogens is 334 g/mol. The van der Waals surface area contributed by atoms with Crippen LogP contribution in [0.25, 0.3) is 0 Å². The molecule has 7 heteroatoms. The van der Waals surface area contributed by atoms with E-state index in [0.717, 1.165) is 30.8 Å². The van der Waals surface area contributed by atoms with Crippen LogP contribution in [0.2, 0.25) is 5.02 Å². The van der Waals surface area contributed by atoms with E-state index in [9.17, 15) is 9.00 Å². The van der Waals surface area contributed by atoms with Gasteiger partial charge in [0.15, 0.2) is 0 Å². The van der Waals surface area contributed by atoms with Gasteiger partial charge in [-0.2, -0.15) is 0 Å². The maximum Gasteiger partial charge on any atom is 0.317 e. The Morgan fingerprint density at radius 3 is 2.74 bits per heavy atom. The third-order valence-electron chi connectivity index (χ3n) is 3.85. The summed E-state index contributed by atoms with van der Waals surface area (Å²) in [5, 5.41) is 3.53. The van der Waals surface area contributed by atoms with Crippen LogP contribution in [0.3, 0.4) is 0 Å². The molecule has 2 rings (SSSR count). The predicted octanol–water partition coefficient (Wildman–Crippen LogP) is 2.18. The molecule has 23 heavy (non-hydrogen) atoms. The van der Waals surface area contributed by atoms with Gasteiger partial charge in [-0.1, -0.05) is 11.6 Å². The van der Waals surface area contributed by atoms with Crippen molar-refractivity contribution in [3.8, 4) is 0 Å². The van der Waals surface area contributed by atoms with Crippen molar-refractivity contribution in [2.24, 2.45) is 0 Å². The lowest BCUT2D eigenvalue weighted by Crippen LogP contribution is -2.49. The zero-order valence-corrected chi connectivity index (χ0v) is 15.2. The zero-order chi connectivity index (χ0) is 16.8. The van der Waals surface area contributed by atoms with Crippen LogP contribution >= 0.6 is 11.6 Å².